The molecule has 4 rings (SSSR count). The maximum absolute atomic E-state index is 14.2. The number of anilines is 1. The van der Waals surface area contributed by atoms with Crippen molar-refractivity contribution < 1.29 is 22.4 Å². The van der Waals surface area contributed by atoms with Crippen LogP contribution in [-0.4, -0.2) is 53.1 Å². The van der Waals surface area contributed by atoms with Crippen LogP contribution in [0.4, 0.5) is 23.4 Å². The fourth-order valence-electron chi connectivity index (χ4n) is 3.83. The zero-order valence-corrected chi connectivity index (χ0v) is 18.3. The number of carbonyl (C=O) groups is 1. The fraction of sp³-hybridized carbons (Fsp3) is 0.409. The molecule has 0 bridgehead atoms. The molecule has 3 aromatic rings. The molecule has 0 radical (unpaired) electrons. The number of carbonyl (C=O) groups excluding carboxylic acids is 1. The van der Waals surface area contributed by atoms with Crippen LogP contribution in [0.5, 0.6) is 0 Å². The van der Waals surface area contributed by atoms with Gasteiger partial charge in [-0.15, -0.1) is 11.3 Å². The topological polar surface area (TPSA) is 49.3 Å². The fourth-order valence-corrected chi connectivity index (χ4v) is 4.85. The van der Waals surface area contributed by atoms with Gasteiger partial charge in [0.05, 0.1) is 18.2 Å². The molecule has 10 heteroatoms. The Balaban J connectivity index is 1.42. The van der Waals surface area contributed by atoms with Crippen molar-refractivity contribution in [3.63, 3.8) is 0 Å². The third-order valence-corrected chi connectivity index (χ3v) is 6.58. The smallest absolute Gasteiger partial charge is 0.352 e. The molecule has 1 fully saturated rings. The number of fused-ring (bicyclic) bond motifs is 1. The molecular weight excluding hydrogens is 444 g/mol. The molecule has 32 heavy (non-hydrogen) atoms. The number of rotatable bonds is 5. The number of aromatic nitrogens is 2. The largest absolute Gasteiger partial charge is 0.393 e. The lowest BCUT2D eigenvalue weighted by molar-refractivity contribution is -0.131. The SMILES string of the molecule is CCc1ccc(CC(=O)N2CCN(c3ncnc4sc(CC(F)(F)F)cc34)CC2)c(F)c1. The van der Waals surface area contributed by atoms with Gasteiger partial charge in [0, 0.05) is 31.1 Å². The number of thiophene rings is 1. The number of nitrogens with zero attached hydrogens (tertiary/aromatic N) is 4. The van der Waals surface area contributed by atoms with Crippen LogP contribution in [0.1, 0.15) is 22.9 Å². The van der Waals surface area contributed by atoms with E-state index in [1.165, 1.54) is 18.5 Å². The van der Waals surface area contributed by atoms with Gasteiger partial charge < -0.3 is 9.80 Å². The first-order valence-electron chi connectivity index (χ1n) is 10.3. The van der Waals surface area contributed by atoms with Gasteiger partial charge in [-0.2, -0.15) is 13.2 Å². The van der Waals surface area contributed by atoms with Gasteiger partial charge in [0.25, 0.3) is 0 Å². The highest BCUT2D eigenvalue weighted by molar-refractivity contribution is 7.18. The number of hydrogen-bond donors (Lipinski definition) is 0. The van der Waals surface area contributed by atoms with Gasteiger partial charge in [-0.1, -0.05) is 19.1 Å². The van der Waals surface area contributed by atoms with E-state index in [2.05, 4.69) is 9.97 Å². The minimum absolute atomic E-state index is 0.00108. The molecule has 0 unspecified atom stereocenters. The van der Waals surface area contributed by atoms with Gasteiger partial charge in [-0.25, -0.2) is 14.4 Å². The van der Waals surface area contributed by atoms with Crippen molar-refractivity contribution in [2.45, 2.75) is 32.4 Å². The summed E-state index contributed by atoms with van der Waals surface area (Å²) in [7, 11) is 0. The molecule has 0 saturated carbocycles. The van der Waals surface area contributed by atoms with E-state index in [0.29, 0.717) is 47.8 Å². The van der Waals surface area contributed by atoms with Crippen molar-refractivity contribution in [2.24, 2.45) is 0 Å². The Labute approximate surface area is 186 Å². The summed E-state index contributed by atoms with van der Waals surface area (Å²) in [6, 6.07) is 6.46. The van der Waals surface area contributed by atoms with Crippen molar-refractivity contribution in [3.8, 4) is 0 Å². The van der Waals surface area contributed by atoms with Crippen molar-refractivity contribution in [1.82, 2.24) is 14.9 Å². The lowest BCUT2D eigenvalue weighted by Crippen LogP contribution is -2.49. The standard InChI is InChI=1S/C22H22F4N4OS/c1-2-14-3-4-15(18(23)9-14)10-19(31)29-5-7-30(8-6-29)20-17-11-16(12-22(24,25)26)32-21(17)28-13-27-20/h3-4,9,11,13H,2,5-8,10,12H2,1H3. The maximum Gasteiger partial charge on any atom is 0.393 e. The Bertz CT molecular complexity index is 1120. The van der Waals surface area contributed by atoms with E-state index in [9.17, 15) is 22.4 Å². The van der Waals surface area contributed by atoms with Gasteiger partial charge in [-0.3, -0.25) is 4.79 Å². The van der Waals surface area contributed by atoms with Gasteiger partial charge in [-0.05, 0) is 29.7 Å². The second-order valence-corrected chi connectivity index (χ2v) is 8.86. The normalized spacial score (nSPS) is 14.9. The van der Waals surface area contributed by atoms with Gasteiger partial charge in [0.2, 0.25) is 5.91 Å². The molecule has 0 atom stereocenters. The van der Waals surface area contributed by atoms with Crippen molar-refractivity contribution in [3.05, 3.63) is 52.4 Å². The average Bonchev–Trinajstić information content (AvgIpc) is 3.15. The quantitative estimate of drug-likeness (QED) is 0.524. The Morgan fingerprint density at radius 3 is 2.53 bits per heavy atom. The van der Waals surface area contributed by atoms with Crippen molar-refractivity contribution in [2.75, 3.05) is 31.1 Å². The summed E-state index contributed by atoms with van der Waals surface area (Å²) in [5.74, 6) is 0.0587. The first-order chi connectivity index (χ1) is 15.2. The molecule has 170 valence electrons. The highest BCUT2D eigenvalue weighted by Gasteiger charge is 2.30. The molecule has 1 amide bonds. The Hall–Kier alpha value is -2.75. The zero-order chi connectivity index (χ0) is 22.9. The molecule has 0 spiro atoms. The van der Waals surface area contributed by atoms with Gasteiger partial charge >= 0.3 is 6.18 Å². The van der Waals surface area contributed by atoms with E-state index in [1.54, 1.807) is 11.0 Å². The number of alkyl halides is 3. The molecule has 0 N–H and O–H groups in total. The van der Waals surface area contributed by atoms with Crippen molar-refractivity contribution >= 4 is 33.3 Å². The van der Waals surface area contributed by atoms with Crippen LogP contribution in [-0.2, 0) is 24.1 Å². The Kier molecular flexibility index (Phi) is 6.32. The Morgan fingerprint density at radius 2 is 1.88 bits per heavy atom. The highest BCUT2D eigenvalue weighted by atomic mass is 32.1. The molecule has 1 aromatic carbocycles. The number of halogens is 4. The molecule has 1 aliphatic rings. The van der Waals surface area contributed by atoms with Crippen LogP contribution in [0.3, 0.4) is 0 Å². The number of amides is 1. The molecule has 1 saturated heterocycles. The second-order valence-electron chi connectivity index (χ2n) is 7.74. The van der Waals surface area contributed by atoms with Crippen LogP contribution in [0.2, 0.25) is 0 Å². The summed E-state index contributed by atoms with van der Waals surface area (Å²) in [6.45, 7) is 3.77. The monoisotopic (exact) mass is 466 g/mol. The van der Waals surface area contributed by atoms with E-state index in [0.717, 1.165) is 23.3 Å². The predicted molar refractivity (Wildman–Crippen MR) is 115 cm³/mol. The van der Waals surface area contributed by atoms with Gasteiger partial charge in [0.15, 0.2) is 0 Å². The Morgan fingerprint density at radius 1 is 1.12 bits per heavy atom. The maximum atomic E-state index is 14.2. The van der Waals surface area contributed by atoms with Crippen LogP contribution >= 0.6 is 11.3 Å². The minimum atomic E-state index is -4.28. The van der Waals surface area contributed by atoms with E-state index in [1.807, 2.05) is 17.9 Å². The van der Waals surface area contributed by atoms with Crippen LogP contribution in [0.25, 0.3) is 10.2 Å². The number of aryl methyl sites for hydroxylation is 1. The molecule has 5 nitrogen and oxygen atoms in total. The van der Waals surface area contributed by atoms with E-state index < -0.39 is 12.6 Å². The summed E-state index contributed by atoms with van der Waals surface area (Å²) in [5, 5.41) is 0.592. The third-order valence-electron chi connectivity index (χ3n) is 5.53. The van der Waals surface area contributed by atoms with Gasteiger partial charge in [0.1, 0.15) is 22.8 Å². The molecule has 1 aliphatic heterocycles. The van der Waals surface area contributed by atoms with Crippen molar-refractivity contribution in [1.29, 1.82) is 0 Å². The minimum Gasteiger partial charge on any atom is -0.352 e. The zero-order valence-electron chi connectivity index (χ0n) is 17.5. The van der Waals surface area contributed by atoms with E-state index >= 15 is 0 Å². The predicted octanol–water partition coefficient (Wildman–Crippen LogP) is 4.39. The lowest BCUT2D eigenvalue weighted by atomic mass is 10.1. The summed E-state index contributed by atoms with van der Waals surface area (Å²) < 4.78 is 52.5. The second kappa shape index (κ2) is 9.01. The first kappa shape index (κ1) is 22.4. The molecule has 3 heterocycles. The molecule has 2 aromatic heterocycles. The lowest BCUT2D eigenvalue weighted by Gasteiger charge is -2.35. The van der Waals surface area contributed by atoms with Crippen LogP contribution < -0.4 is 4.90 Å². The first-order valence-corrected chi connectivity index (χ1v) is 11.2. The summed E-state index contributed by atoms with van der Waals surface area (Å²) in [6.07, 6.45) is -3.20. The summed E-state index contributed by atoms with van der Waals surface area (Å²) in [4.78, 5) is 25.4. The average molecular weight is 467 g/mol. The number of piperazine rings is 1. The molecule has 0 aliphatic carbocycles. The number of hydrogen-bond acceptors (Lipinski definition) is 5. The van der Waals surface area contributed by atoms with Crippen LogP contribution in [0.15, 0.2) is 30.6 Å². The molecular formula is C22H22F4N4OS. The highest BCUT2D eigenvalue weighted by Crippen LogP contribution is 2.34. The summed E-state index contributed by atoms with van der Waals surface area (Å²) >= 11 is 1.02. The van der Waals surface area contributed by atoms with Crippen LogP contribution in [0, 0.1) is 5.82 Å². The van der Waals surface area contributed by atoms with E-state index in [-0.39, 0.29) is 23.0 Å². The number of benzene rings is 1. The third kappa shape index (κ3) is 5.01. The summed E-state index contributed by atoms with van der Waals surface area (Å²) in [5.41, 5.74) is 1.26. The van der Waals surface area contributed by atoms with E-state index in [4.69, 9.17) is 0 Å².